The van der Waals surface area contributed by atoms with E-state index in [0.717, 1.165) is 14.5 Å². The van der Waals surface area contributed by atoms with Crippen LogP contribution in [0.2, 0.25) is 0 Å². The Hall–Kier alpha value is -2.84. The van der Waals surface area contributed by atoms with Crippen molar-refractivity contribution in [1.82, 2.24) is 9.97 Å². The normalized spacial score (nSPS) is 15.7. The number of hydrogen-bond acceptors (Lipinski definition) is 5. The Bertz CT molecular complexity index is 1340. The first kappa shape index (κ1) is 18.2. The fourth-order valence-corrected chi connectivity index (χ4v) is 4.34. The van der Waals surface area contributed by atoms with Crippen LogP contribution in [0.5, 0.6) is 0 Å². The number of hydrogen-bond donors (Lipinski definition) is 0. The van der Waals surface area contributed by atoms with Crippen molar-refractivity contribution in [3.05, 3.63) is 97.0 Å². The van der Waals surface area contributed by atoms with Crippen molar-refractivity contribution in [2.45, 2.75) is 6.04 Å². The quantitative estimate of drug-likeness (QED) is 0.383. The molecular formula is C21H11Br2N3O3. The van der Waals surface area contributed by atoms with Crippen molar-refractivity contribution in [3.63, 3.8) is 0 Å². The Morgan fingerprint density at radius 1 is 0.931 bits per heavy atom. The third kappa shape index (κ3) is 2.90. The molecule has 0 N–H and O–H groups in total. The SMILES string of the molecule is O=C1c2oc3ccc(Br)cc3c(=O)c2C(c2cccc(Br)c2)N1c1ncccn1. The topological polar surface area (TPSA) is 76.3 Å². The van der Waals surface area contributed by atoms with Crippen molar-refractivity contribution in [2.75, 3.05) is 4.90 Å². The van der Waals surface area contributed by atoms with Gasteiger partial charge in [0.25, 0.3) is 5.91 Å². The predicted octanol–water partition coefficient (Wildman–Crippen LogP) is 4.86. The highest BCUT2D eigenvalue weighted by Crippen LogP contribution is 2.40. The molecule has 8 heteroatoms. The van der Waals surface area contributed by atoms with E-state index in [1.807, 2.05) is 24.3 Å². The average Bonchev–Trinajstić information content (AvgIpc) is 3.02. The van der Waals surface area contributed by atoms with Crippen LogP contribution in [0.1, 0.15) is 27.7 Å². The third-order valence-corrected chi connectivity index (χ3v) is 5.75. The second-order valence-corrected chi connectivity index (χ2v) is 8.33. The van der Waals surface area contributed by atoms with Crippen molar-refractivity contribution in [3.8, 4) is 0 Å². The molecule has 1 aliphatic heterocycles. The summed E-state index contributed by atoms with van der Waals surface area (Å²) in [5.74, 6) is -0.223. The van der Waals surface area contributed by atoms with Gasteiger partial charge in [0.1, 0.15) is 5.58 Å². The molecule has 4 aromatic rings. The van der Waals surface area contributed by atoms with Crippen LogP contribution >= 0.6 is 31.9 Å². The number of rotatable bonds is 2. The van der Waals surface area contributed by atoms with Crippen LogP contribution in [0, 0.1) is 0 Å². The number of anilines is 1. The van der Waals surface area contributed by atoms with Crippen LogP contribution in [0.4, 0.5) is 5.95 Å². The Morgan fingerprint density at radius 3 is 2.45 bits per heavy atom. The summed E-state index contributed by atoms with van der Waals surface area (Å²) in [5.41, 5.74) is 1.14. The lowest BCUT2D eigenvalue weighted by atomic mass is 9.99. The molecule has 0 bridgehead atoms. The molecule has 1 aliphatic rings. The number of carbonyl (C=O) groups excluding carboxylic acids is 1. The summed E-state index contributed by atoms with van der Waals surface area (Å²) in [6.07, 6.45) is 3.11. The zero-order valence-corrected chi connectivity index (χ0v) is 17.8. The van der Waals surface area contributed by atoms with Crippen LogP contribution in [0.3, 0.4) is 0 Å². The molecule has 1 atom stereocenters. The maximum absolute atomic E-state index is 13.5. The highest BCUT2D eigenvalue weighted by molar-refractivity contribution is 9.10. The molecule has 0 saturated heterocycles. The minimum atomic E-state index is -0.697. The lowest BCUT2D eigenvalue weighted by Gasteiger charge is -2.23. The second-order valence-electron chi connectivity index (χ2n) is 6.50. The van der Waals surface area contributed by atoms with Gasteiger partial charge in [-0.1, -0.05) is 44.0 Å². The van der Waals surface area contributed by atoms with E-state index in [2.05, 4.69) is 41.8 Å². The van der Waals surface area contributed by atoms with Crippen LogP contribution in [-0.2, 0) is 0 Å². The summed E-state index contributed by atoms with van der Waals surface area (Å²) in [6, 6.07) is 13.6. The first-order valence-corrected chi connectivity index (χ1v) is 10.3. The molecule has 0 aliphatic carbocycles. The number of carbonyl (C=O) groups is 1. The lowest BCUT2D eigenvalue weighted by molar-refractivity contribution is 0.0969. The van der Waals surface area contributed by atoms with Gasteiger partial charge in [-0.25, -0.2) is 9.97 Å². The maximum Gasteiger partial charge on any atom is 0.297 e. The van der Waals surface area contributed by atoms with Gasteiger partial charge in [-0.05, 0) is 42.0 Å². The van der Waals surface area contributed by atoms with Gasteiger partial charge in [-0.3, -0.25) is 14.5 Å². The molecular weight excluding hydrogens is 502 g/mol. The summed E-state index contributed by atoms with van der Waals surface area (Å²) in [6.45, 7) is 0. The first-order chi connectivity index (χ1) is 14.0. The summed E-state index contributed by atoms with van der Waals surface area (Å²) in [4.78, 5) is 36.7. The molecule has 29 heavy (non-hydrogen) atoms. The Morgan fingerprint density at radius 2 is 1.69 bits per heavy atom. The van der Waals surface area contributed by atoms with Gasteiger partial charge in [-0.15, -0.1) is 0 Å². The molecule has 6 nitrogen and oxygen atoms in total. The van der Waals surface area contributed by atoms with Gasteiger partial charge in [-0.2, -0.15) is 0 Å². The molecule has 2 aromatic heterocycles. The minimum Gasteiger partial charge on any atom is -0.450 e. The summed E-state index contributed by atoms with van der Waals surface area (Å²) in [5, 5.41) is 0.404. The van der Waals surface area contributed by atoms with Gasteiger partial charge in [0.2, 0.25) is 11.7 Å². The second kappa shape index (κ2) is 6.89. The highest BCUT2D eigenvalue weighted by Gasteiger charge is 2.44. The summed E-state index contributed by atoms with van der Waals surface area (Å²) >= 11 is 6.86. The Labute approximate surface area is 181 Å². The molecule has 1 unspecified atom stereocenters. The van der Waals surface area contributed by atoms with Gasteiger partial charge in [0.15, 0.2) is 5.43 Å². The predicted molar refractivity (Wildman–Crippen MR) is 115 cm³/mol. The van der Waals surface area contributed by atoms with Gasteiger partial charge in [0.05, 0.1) is 17.0 Å². The van der Waals surface area contributed by atoms with Crippen molar-refractivity contribution in [1.29, 1.82) is 0 Å². The number of amides is 1. The number of fused-ring (bicyclic) bond motifs is 2. The maximum atomic E-state index is 13.5. The van der Waals surface area contributed by atoms with Crippen molar-refractivity contribution < 1.29 is 9.21 Å². The van der Waals surface area contributed by atoms with E-state index >= 15 is 0 Å². The standard InChI is InChI=1S/C21H11Br2N3O3/c22-12-4-1-3-11(9-12)17-16-18(27)14-10-13(23)5-6-15(14)29-19(16)20(28)26(17)21-24-7-2-8-25-21/h1-10,17H. The molecule has 3 heterocycles. The number of benzene rings is 2. The van der Waals surface area contributed by atoms with Gasteiger partial charge in [0, 0.05) is 21.3 Å². The molecule has 0 radical (unpaired) electrons. The van der Waals surface area contributed by atoms with E-state index in [9.17, 15) is 9.59 Å². The van der Waals surface area contributed by atoms with Crippen LogP contribution in [-0.4, -0.2) is 15.9 Å². The zero-order chi connectivity index (χ0) is 20.1. The van der Waals surface area contributed by atoms with Crippen LogP contribution < -0.4 is 10.3 Å². The first-order valence-electron chi connectivity index (χ1n) is 8.67. The highest BCUT2D eigenvalue weighted by atomic mass is 79.9. The third-order valence-electron chi connectivity index (χ3n) is 4.76. The summed E-state index contributed by atoms with van der Waals surface area (Å²) < 4.78 is 7.49. The minimum absolute atomic E-state index is 0.0160. The van der Waals surface area contributed by atoms with Gasteiger partial charge >= 0.3 is 0 Å². The number of nitrogens with zero attached hydrogens (tertiary/aromatic N) is 3. The molecule has 0 spiro atoms. The molecule has 0 saturated carbocycles. The zero-order valence-electron chi connectivity index (χ0n) is 14.7. The fourth-order valence-electron chi connectivity index (χ4n) is 3.56. The Balaban J connectivity index is 1.84. The molecule has 0 fully saturated rings. The molecule has 142 valence electrons. The largest absolute Gasteiger partial charge is 0.450 e. The van der Waals surface area contributed by atoms with E-state index in [1.165, 1.54) is 4.90 Å². The number of halogens is 2. The molecule has 2 aromatic carbocycles. The van der Waals surface area contributed by atoms with Gasteiger partial charge < -0.3 is 4.42 Å². The smallest absolute Gasteiger partial charge is 0.297 e. The Kier molecular flexibility index (Phi) is 4.33. The lowest BCUT2D eigenvalue weighted by Crippen LogP contribution is -2.31. The van der Waals surface area contributed by atoms with E-state index in [4.69, 9.17) is 4.42 Å². The van der Waals surface area contributed by atoms with Crippen molar-refractivity contribution in [2.24, 2.45) is 0 Å². The molecule has 1 amide bonds. The monoisotopic (exact) mass is 511 g/mol. The number of aromatic nitrogens is 2. The van der Waals surface area contributed by atoms with E-state index in [1.54, 1.807) is 36.7 Å². The van der Waals surface area contributed by atoms with E-state index in [0.29, 0.717) is 11.0 Å². The van der Waals surface area contributed by atoms with Crippen LogP contribution in [0.25, 0.3) is 11.0 Å². The average molecular weight is 513 g/mol. The van der Waals surface area contributed by atoms with E-state index < -0.39 is 11.9 Å². The van der Waals surface area contributed by atoms with Crippen LogP contribution in [0.15, 0.2) is 79.1 Å². The van der Waals surface area contributed by atoms with E-state index in [-0.39, 0.29) is 22.7 Å². The van der Waals surface area contributed by atoms with Crippen molar-refractivity contribution >= 4 is 54.7 Å². The fraction of sp³-hybridized carbons (Fsp3) is 0.0476. The molecule has 5 rings (SSSR count). The summed E-state index contributed by atoms with van der Waals surface area (Å²) in [7, 11) is 0.